The van der Waals surface area contributed by atoms with E-state index in [1.54, 1.807) is 24.3 Å². The van der Waals surface area contributed by atoms with Crippen LogP contribution in [-0.4, -0.2) is 26.4 Å². The molecule has 4 aromatic rings. The minimum Gasteiger partial charge on any atom is -0.486 e. The van der Waals surface area contributed by atoms with Crippen LogP contribution in [0.5, 0.6) is 5.75 Å². The molecule has 0 aliphatic heterocycles. The van der Waals surface area contributed by atoms with Gasteiger partial charge in [-0.15, -0.1) is 10.2 Å². The third kappa shape index (κ3) is 5.89. The number of rotatable bonds is 8. The standard InChI is InChI=1S/C27H25N5O2S/c1-18-13-19(2)26(20(3)14-18)29-25(33)17-35-27-31-30-24(32(27)22-7-5-4-6-8-22)16-34-23-11-9-21(15-28)10-12-23/h4-14H,16-17H2,1-3H3,(H,29,33). The summed E-state index contributed by atoms with van der Waals surface area (Å²) in [6.07, 6.45) is 0. The Morgan fingerprint density at radius 3 is 2.37 bits per heavy atom. The zero-order valence-corrected chi connectivity index (χ0v) is 20.6. The number of aromatic nitrogens is 3. The second-order valence-corrected chi connectivity index (χ2v) is 9.05. The van der Waals surface area contributed by atoms with Crippen LogP contribution in [0.3, 0.4) is 0 Å². The number of nitrogens with one attached hydrogen (secondary N) is 1. The molecule has 0 atom stereocenters. The summed E-state index contributed by atoms with van der Waals surface area (Å²) in [5.74, 6) is 1.31. The Balaban J connectivity index is 1.50. The Bertz CT molecular complexity index is 1350. The molecule has 4 rings (SSSR count). The molecular formula is C27H25N5O2S. The molecule has 1 heterocycles. The first-order chi connectivity index (χ1) is 16.9. The average molecular weight is 484 g/mol. The smallest absolute Gasteiger partial charge is 0.234 e. The maximum atomic E-state index is 12.8. The molecule has 0 aliphatic carbocycles. The fourth-order valence-electron chi connectivity index (χ4n) is 3.78. The van der Waals surface area contributed by atoms with Crippen molar-refractivity contribution in [3.8, 4) is 17.5 Å². The Kier molecular flexibility index (Phi) is 7.48. The first-order valence-corrected chi connectivity index (χ1v) is 12.1. The highest BCUT2D eigenvalue weighted by Crippen LogP contribution is 2.25. The summed E-state index contributed by atoms with van der Waals surface area (Å²) in [7, 11) is 0. The van der Waals surface area contributed by atoms with Gasteiger partial charge >= 0.3 is 0 Å². The molecule has 0 spiro atoms. The average Bonchev–Trinajstić information content (AvgIpc) is 3.27. The SMILES string of the molecule is Cc1cc(C)c(NC(=O)CSc2nnc(COc3ccc(C#N)cc3)n2-c2ccccc2)c(C)c1. The lowest BCUT2D eigenvalue weighted by molar-refractivity contribution is -0.113. The monoisotopic (exact) mass is 483 g/mol. The number of carbonyl (C=O) groups excluding carboxylic acids is 1. The maximum Gasteiger partial charge on any atom is 0.234 e. The van der Waals surface area contributed by atoms with Crippen molar-refractivity contribution < 1.29 is 9.53 Å². The van der Waals surface area contributed by atoms with Gasteiger partial charge in [-0.1, -0.05) is 47.7 Å². The van der Waals surface area contributed by atoms with Crippen molar-refractivity contribution in [3.05, 3.63) is 94.8 Å². The van der Waals surface area contributed by atoms with Gasteiger partial charge in [0.05, 0.1) is 17.4 Å². The topological polar surface area (TPSA) is 92.8 Å². The summed E-state index contributed by atoms with van der Waals surface area (Å²) in [6.45, 7) is 6.21. The highest BCUT2D eigenvalue weighted by atomic mass is 32.2. The molecule has 7 nitrogen and oxygen atoms in total. The van der Waals surface area contributed by atoms with E-state index in [0.717, 1.165) is 22.5 Å². The van der Waals surface area contributed by atoms with E-state index in [1.165, 1.54) is 17.3 Å². The molecule has 0 aliphatic rings. The molecule has 0 bridgehead atoms. The van der Waals surface area contributed by atoms with Crippen molar-refractivity contribution in [2.45, 2.75) is 32.5 Å². The van der Waals surface area contributed by atoms with Crippen molar-refractivity contribution in [2.75, 3.05) is 11.1 Å². The molecule has 0 fully saturated rings. The molecule has 0 saturated heterocycles. The number of anilines is 1. The van der Waals surface area contributed by atoms with Gasteiger partial charge in [0.25, 0.3) is 0 Å². The highest BCUT2D eigenvalue weighted by molar-refractivity contribution is 7.99. The predicted octanol–water partition coefficient (Wildman–Crippen LogP) is 5.37. The summed E-state index contributed by atoms with van der Waals surface area (Å²) >= 11 is 1.32. The van der Waals surface area contributed by atoms with Crippen molar-refractivity contribution in [3.63, 3.8) is 0 Å². The van der Waals surface area contributed by atoms with Crippen LogP contribution in [-0.2, 0) is 11.4 Å². The van der Waals surface area contributed by atoms with Gasteiger partial charge in [-0.05, 0) is 68.3 Å². The number of hydrogen-bond acceptors (Lipinski definition) is 6. The molecule has 1 N–H and O–H groups in total. The number of nitrogens with zero attached hydrogens (tertiary/aromatic N) is 4. The van der Waals surface area contributed by atoms with Gasteiger partial charge in [0, 0.05) is 11.4 Å². The van der Waals surface area contributed by atoms with Gasteiger partial charge in [0.1, 0.15) is 12.4 Å². The molecule has 0 saturated carbocycles. The molecule has 0 radical (unpaired) electrons. The van der Waals surface area contributed by atoms with E-state index >= 15 is 0 Å². The van der Waals surface area contributed by atoms with Crippen LogP contribution in [0.25, 0.3) is 5.69 Å². The third-order valence-corrected chi connectivity index (χ3v) is 6.27. The third-order valence-electron chi connectivity index (χ3n) is 5.34. The molecule has 35 heavy (non-hydrogen) atoms. The van der Waals surface area contributed by atoms with Gasteiger partial charge in [0.2, 0.25) is 5.91 Å². The first-order valence-electron chi connectivity index (χ1n) is 11.1. The van der Waals surface area contributed by atoms with Crippen LogP contribution >= 0.6 is 11.8 Å². The van der Waals surface area contributed by atoms with Crippen LogP contribution in [0.1, 0.15) is 28.1 Å². The maximum absolute atomic E-state index is 12.8. The second-order valence-electron chi connectivity index (χ2n) is 8.11. The van der Waals surface area contributed by atoms with Gasteiger partial charge in [-0.3, -0.25) is 9.36 Å². The number of ether oxygens (including phenoxy) is 1. The van der Waals surface area contributed by atoms with E-state index in [-0.39, 0.29) is 18.3 Å². The number of amides is 1. The van der Waals surface area contributed by atoms with Crippen LogP contribution in [0.2, 0.25) is 0 Å². The number of thioether (sulfide) groups is 1. The molecular weight excluding hydrogens is 458 g/mol. The van der Waals surface area contributed by atoms with Crippen LogP contribution in [0.15, 0.2) is 71.9 Å². The lowest BCUT2D eigenvalue weighted by Gasteiger charge is -2.13. The van der Waals surface area contributed by atoms with E-state index in [1.807, 2.05) is 55.7 Å². The fraction of sp³-hybridized carbons (Fsp3) is 0.185. The molecule has 176 valence electrons. The minimum absolute atomic E-state index is 0.108. The Morgan fingerprint density at radius 1 is 1.03 bits per heavy atom. The summed E-state index contributed by atoms with van der Waals surface area (Å²) in [5.41, 5.74) is 5.54. The normalized spacial score (nSPS) is 10.6. The number of para-hydroxylation sites is 1. The van der Waals surface area contributed by atoms with Crippen LogP contribution in [0.4, 0.5) is 5.69 Å². The van der Waals surface area contributed by atoms with E-state index in [0.29, 0.717) is 22.3 Å². The van der Waals surface area contributed by atoms with Gasteiger partial charge < -0.3 is 10.1 Å². The molecule has 0 unspecified atom stereocenters. The lowest BCUT2D eigenvalue weighted by atomic mass is 10.1. The van der Waals surface area contributed by atoms with Crippen LogP contribution in [0, 0.1) is 32.1 Å². The second kappa shape index (κ2) is 10.9. The van der Waals surface area contributed by atoms with E-state index in [9.17, 15) is 4.79 Å². The Hall–Kier alpha value is -4.09. The van der Waals surface area contributed by atoms with Gasteiger partial charge in [-0.25, -0.2) is 0 Å². The van der Waals surface area contributed by atoms with Crippen molar-refractivity contribution in [2.24, 2.45) is 0 Å². The molecule has 1 amide bonds. The molecule has 8 heteroatoms. The van der Waals surface area contributed by atoms with Crippen molar-refractivity contribution in [1.29, 1.82) is 5.26 Å². The Morgan fingerprint density at radius 2 is 1.71 bits per heavy atom. The van der Waals surface area contributed by atoms with E-state index < -0.39 is 0 Å². The minimum atomic E-state index is -0.108. The number of hydrogen-bond donors (Lipinski definition) is 1. The molecule has 1 aromatic heterocycles. The molecule has 3 aromatic carbocycles. The lowest BCUT2D eigenvalue weighted by Crippen LogP contribution is -2.16. The zero-order chi connectivity index (χ0) is 24.8. The van der Waals surface area contributed by atoms with Gasteiger partial charge in [0.15, 0.2) is 11.0 Å². The summed E-state index contributed by atoms with van der Waals surface area (Å²) < 4.78 is 7.78. The van der Waals surface area contributed by atoms with Gasteiger partial charge in [-0.2, -0.15) is 5.26 Å². The van der Waals surface area contributed by atoms with Crippen LogP contribution < -0.4 is 10.1 Å². The summed E-state index contributed by atoms with van der Waals surface area (Å²) in [5, 5.41) is 21.3. The number of nitriles is 1. The fourth-order valence-corrected chi connectivity index (χ4v) is 4.55. The van der Waals surface area contributed by atoms with Crippen molar-refractivity contribution in [1.82, 2.24) is 14.8 Å². The largest absolute Gasteiger partial charge is 0.486 e. The van der Waals surface area contributed by atoms with E-state index in [2.05, 4.69) is 33.7 Å². The number of aryl methyl sites for hydroxylation is 3. The van der Waals surface area contributed by atoms with Crippen molar-refractivity contribution >= 4 is 23.4 Å². The Labute approximate surface area is 208 Å². The highest BCUT2D eigenvalue weighted by Gasteiger charge is 2.17. The first kappa shape index (κ1) is 24.0. The predicted molar refractivity (Wildman–Crippen MR) is 137 cm³/mol. The number of carbonyl (C=O) groups is 1. The quantitative estimate of drug-likeness (QED) is 0.339. The summed E-state index contributed by atoms with van der Waals surface area (Å²) in [6, 6.07) is 22.8. The summed E-state index contributed by atoms with van der Waals surface area (Å²) in [4.78, 5) is 12.8. The van der Waals surface area contributed by atoms with E-state index in [4.69, 9.17) is 10.00 Å². The zero-order valence-electron chi connectivity index (χ0n) is 19.8. The number of benzene rings is 3.